The second-order valence-electron chi connectivity index (χ2n) is 6.60. The van der Waals surface area contributed by atoms with Crippen LogP contribution in [-0.4, -0.2) is 24.0 Å². The molecule has 1 aromatic carbocycles. The molecule has 0 radical (unpaired) electrons. The van der Waals surface area contributed by atoms with Gasteiger partial charge in [-0.05, 0) is 42.7 Å². The molecule has 1 saturated heterocycles. The van der Waals surface area contributed by atoms with E-state index in [0.29, 0.717) is 18.6 Å². The lowest BCUT2D eigenvalue weighted by atomic mass is 9.84. The van der Waals surface area contributed by atoms with Gasteiger partial charge in [0.15, 0.2) is 0 Å². The fourth-order valence-corrected chi connectivity index (χ4v) is 3.61. The SMILES string of the molecule is CCc1ccc(C(CN)N2CC(C)CC(C)C2C)cc1. The smallest absolute Gasteiger partial charge is 0.0473 e. The molecule has 4 unspecified atom stereocenters. The summed E-state index contributed by atoms with van der Waals surface area (Å²) in [5, 5.41) is 0. The quantitative estimate of drug-likeness (QED) is 0.908. The Labute approximate surface area is 124 Å². The van der Waals surface area contributed by atoms with Gasteiger partial charge in [0.1, 0.15) is 0 Å². The van der Waals surface area contributed by atoms with E-state index >= 15 is 0 Å². The maximum atomic E-state index is 6.12. The Kier molecular flexibility index (Phi) is 5.22. The van der Waals surface area contributed by atoms with Gasteiger partial charge in [0, 0.05) is 25.2 Å². The highest BCUT2D eigenvalue weighted by Gasteiger charge is 2.33. The minimum atomic E-state index is 0.362. The van der Waals surface area contributed by atoms with Crippen molar-refractivity contribution < 1.29 is 0 Å². The second-order valence-corrected chi connectivity index (χ2v) is 6.60. The zero-order valence-corrected chi connectivity index (χ0v) is 13.5. The topological polar surface area (TPSA) is 29.3 Å². The molecule has 0 spiro atoms. The number of piperidine rings is 1. The van der Waals surface area contributed by atoms with Crippen molar-refractivity contribution in [3.05, 3.63) is 35.4 Å². The van der Waals surface area contributed by atoms with Crippen LogP contribution in [0, 0.1) is 11.8 Å². The van der Waals surface area contributed by atoms with Gasteiger partial charge < -0.3 is 5.73 Å². The summed E-state index contributed by atoms with van der Waals surface area (Å²) >= 11 is 0. The molecule has 1 fully saturated rings. The molecule has 1 aliphatic rings. The van der Waals surface area contributed by atoms with Crippen LogP contribution in [0.25, 0.3) is 0 Å². The Morgan fingerprint density at radius 1 is 1.20 bits per heavy atom. The highest BCUT2D eigenvalue weighted by Crippen LogP contribution is 2.33. The zero-order chi connectivity index (χ0) is 14.7. The molecular weight excluding hydrogens is 244 g/mol. The maximum Gasteiger partial charge on any atom is 0.0473 e. The van der Waals surface area contributed by atoms with Gasteiger partial charge >= 0.3 is 0 Å². The van der Waals surface area contributed by atoms with E-state index < -0.39 is 0 Å². The fourth-order valence-electron chi connectivity index (χ4n) is 3.61. The van der Waals surface area contributed by atoms with E-state index in [1.54, 1.807) is 0 Å². The number of likely N-dealkylation sites (tertiary alicyclic amines) is 1. The van der Waals surface area contributed by atoms with Crippen molar-refractivity contribution in [2.45, 2.75) is 52.6 Å². The highest BCUT2D eigenvalue weighted by molar-refractivity contribution is 5.25. The van der Waals surface area contributed by atoms with Gasteiger partial charge in [-0.2, -0.15) is 0 Å². The van der Waals surface area contributed by atoms with E-state index in [0.717, 1.165) is 18.3 Å². The Bertz CT molecular complexity index is 412. The monoisotopic (exact) mass is 274 g/mol. The number of rotatable bonds is 4. The molecule has 0 saturated carbocycles. The van der Waals surface area contributed by atoms with Crippen molar-refractivity contribution in [1.82, 2.24) is 4.90 Å². The summed E-state index contributed by atoms with van der Waals surface area (Å²) in [5.41, 5.74) is 8.89. The molecule has 0 amide bonds. The Balaban J connectivity index is 2.21. The predicted octanol–water partition coefficient (Wildman–Crippen LogP) is 3.62. The zero-order valence-electron chi connectivity index (χ0n) is 13.5. The summed E-state index contributed by atoms with van der Waals surface area (Å²) in [5.74, 6) is 1.52. The molecule has 0 aromatic heterocycles. The Morgan fingerprint density at radius 2 is 1.85 bits per heavy atom. The lowest BCUT2D eigenvalue weighted by Crippen LogP contribution is -2.49. The van der Waals surface area contributed by atoms with Crippen LogP contribution in [0.1, 0.15) is 51.3 Å². The van der Waals surface area contributed by atoms with Gasteiger partial charge in [0.2, 0.25) is 0 Å². The maximum absolute atomic E-state index is 6.12. The Morgan fingerprint density at radius 3 is 2.40 bits per heavy atom. The van der Waals surface area contributed by atoms with Crippen molar-refractivity contribution in [3.63, 3.8) is 0 Å². The van der Waals surface area contributed by atoms with Crippen molar-refractivity contribution in [3.8, 4) is 0 Å². The van der Waals surface area contributed by atoms with Crippen molar-refractivity contribution in [2.75, 3.05) is 13.1 Å². The van der Waals surface area contributed by atoms with Crippen molar-refractivity contribution in [2.24, 2.45) is 17.6 Å². The molecule has 1 heterocycles. The van der Waals surface area contributed by atoms with Gasteiger partial charge in [-0.1, -0.05) is 45.0 Å². The number of nitrogens with zero attached hydrogens (tertiary/aromatic N) is 1. The first-order valence-corrected chi connectivity index (χ1v) is 8.11. The molecule has 1 aliphatic heterocycles. The first-order chi connectivity index (χ1) is 9.56. The van der Waals surface area contributed by atoms with Crippen LogP contribution < -0.4 is 5.73 Å². The number of aryl methyl sites for hydroxylation is 1. The molecular formula is C18H30N2. The molecule has 2 nitrogen and oxygen atoms in total. The van der Waals surface area contributed by atoms with Crippen LogP contribution in [-0.2, 0) is 6.42 Å². The number of nitrogens with two attached hydrogens (primary N) is 1. The van der Waals surface area contributed by atoms with E-state index in [-0.39, 0.29) is 0 Å². The first kappa shape index (κ1) is 15.5. The summed E-state index contributed by atoms with van der Waals surface area (Å²) in [7, 11) is 0. The molecule has 2 rings (SSSR count). The Hall–Kier alpha value is -0.860. The molecule has 112 valence electrons. The standard InChI is InChI=1S/C18H30N2/c1-5-16-6-8-17(9-7-16)18(11-19)20-12-13(2)10-14(3)15(20)4/h6-9,13-15,18H,5,10-12,19H2,1-4H3. The average Bonchev–Trinajstić information content (AvgIpc) is 2.45. The molecule has 4 atom stereocenters. The summed E-state index contributed by atoms with van der Waals surface area (Å²) in [4.78, 5) is 2.62. The predicted molar refractivity (Wildman–Crippen MR) is 86.7 cm³/mol. The average molecular weight is 274 g/mol. The summed E-state index contributed by atoms with van der Waals surface area (Å²) in [6.07, 6.45) is 2.44. The van der Waals surface area contributed by atoms with Gasteiger partial charge in [0.25, 0.3) is 0 Å². The molecule has 0 bridgehead atoms. The van der Waals surface area contributed by atoms with Gasteiger partial charge in [-0.15, -0.1) is 0 Å². The van der Waals surface area contributed by atoms with E-state index in [4.69, 9.17) is 5.73 Å². The van der Waals surface area contributed by atoms with E-state index in [9.17, 15) is 0 Å². The van der Waals surface area contributed by atoms with E-state index in [1.165, 1.54) is 24.1 Å². The summed E-state index contributed by atoms with van der Waals surface area (Å²) < 4.78 is 0. The molecule has 2 heteroatoms. The van der Waals surface area contributed by atoms with Crippen molar-refractivity contribution >= 4 is 0 Å². The summed E-state index contributed by atoms with van der Waals surface area (Å²) in [6.45, 7) is 11.2. The largest absolute Gasteiger partial charge is 0.329 e. The van der Waals surface area contributed by atoms with Gasteiger partial charge in [0.05, 0.1) is 0 Å². The lowest BCUT2D eigenvalue weighted by molar-refractivity contribution is 0.0424. The fraction of sp³-hybridized carbons (Fsp3) is 0.667. The van der Waals surface area contributed by atoms with Crippen LogP contribution in [0.15, 0.2) is 24.3 Å². The van der Waals surface area contributed by atoms with Crippen LogP contribution in [0.2, 0.25) is 0 Å². The molecule has 20 heavy (non-hydrogen) atoms. The van der Waals surface area contributed by atoms with Crippen LogP contribution in [0.5, 0.6) is 0 Å². The lowest BCUT2D eigenvalue weighted by Gasteiger charge is -2.45. The summed E-state index contributed by atoms with van der Waals surface area (Å²) in [6, 6.07) is 10.0. The third kappa shape index (κ3) is 3.24. The number of hydrogen-bond acceptors (Lipinski definition) is 2. The number of benzene rings is 1. The molecule has 1 aromatic rings. The second kappa shape index (κ2) is 6.73. The minimum Gasteiger partial charge on any atom is -0.329 e. The molecule has 0 aliphatic carbocycles. The van der Waals surface area contributed by atoms with Gasteiger partial charge in [-0.3, -0.25) is 4.90 Å². The van der Waals surface area contributed by atoms with Crippen LogP contribution in [0.4, 0.5) is 0 Å². The first-order valence-electron chi connectivity index (χ1n) is 8.11. The third-order valence-electron chi connectivity index (χ3n) is 5.04. The van der Waals surface area contributed by atoms with E-state index in [1.807, 2.05) is 0 Å². The minimum absolute atomic E-state index is 0.362. The normalized spacial score (nSPS) is 29.4. The van der Waals surface area contributed by atoms with Crippen LogP contribution >= 0.6 is 0 Å². The third-order valence-corrected chi connectivity index (χ3v) is 5.04. The van der Waals surface area contributed by atoms with Crippen molar-refractivity contribution in [1.29, 1.82) is 0 Å². The van der Waals surface area contributed by atoms with E-state index in [2.05, 4.69) is 56.9 Å². The highest BCUT2D eigenvalue weighted by atomic mass is 15.2. The molecule has 2 N–H and O–H groups in total. The number of hydrogen-bond donors (Lipinski definition) is 1. The van der Waals surface area contributed by atoms with Crippen LogP contribution in [0.3, 0.4) is 0 Å². The van der Waals surface area contributed by atoms with Gasteiger partial charge in [-0.25, -0.2) is 0 Å².